The van der Waals surface area contributed by atoms with Crippen LogP contribution in [0.3, 0.4) is 0 Å². The van der Waals surface area contributed by atoms with Crippen molar-refractivity contribution in [3.63, 3.8) is 0 Å². The van der Waals surface area contributed by atoms with Crippen LogP contribution in [0.5, 0.6) is 0 Å². The monoisotopic (exact) mass is 336 g/mol. The Morgan fingerprint density at radius 1 is 1.05 bits per heavy atom. The maximum Gasteiger partial charge on any atom is 0.171 e. The van der Waals surface area contributed by atoms with E-state index in [1.807, 2.05) is 30.3 Å². The van der Waals surface area contributed by atoms with E-state index in [9.17, 15) is 4.79 Å². The third kappa shape index (κ3) is 2.87. The van der Waals surface area contributed by atoms with Crippen molar-refractivity contribution in [2.75, 3.05) is 17.3 Å². The zero-order valence-electron chi connectivity index (χ0n) is 10.8. The Morgan fingerprint density at radius 3 is 2.47 bits per heavy atom. The zero-order valence-corrected chi connectivity index (χ0v) is 13.2. The van der Waals surface area contributed by atoms with E-state index in [4.69, 9.17) is 0 Å². The summed E-state index contributed by atoms with van der Waals surface area (Å²) in [5.74, 6) is 3.39. The maximum atomic E-state index is 12.4. The topological polar surface area (TPSA) is 17.1 Å². The Hall–Kier alpha value is -0.800. The van der Waals surface area contributed by atoms with E-state index in [-0.39, 0.29) is 0 Å². The number of carbonyl (C=O) groups is 1. The molecule has 1 aliphatic rings. The van der Waals surface area contributed by atoms with Crippen molar-refractivity contribution in [2.24, 2.45) is 0 Å². The van der Waals surface area contributed by atoms with Gasteiger partial charge in [0.1, 0.15) is 0 Å². The molecule has 0 aliphatic carbocycles. The number of fused-ring (bicyclic) bond motifs is 1. The average molecular weight is 337 g/mol. The van der Waals surface area contributed by atoms with Crippen molar-refractivity contribution in [3.05, 3.63) is 48.0 Å². The number of hydrogen-bond acceptors (Lipinski definition) is 1. The smallest absolute Gasteiger partial charge is 0.171 e. The fraction of sp³-hybridized carbons (Fsp3) is 0.312. The first-order chi connectivity index (χ1) is 9.16. The molecule has 0 spiro atoms. The van der Waals surface area contributed by atoms with Gasteiger partial charge in [-0.25, -0.2) is 0 Å². The molecular weight excluding hydrogens is 320 g/mol. The molecule has 1 saturated heterocycles. The molecule has 1 fully saturated rings. The molecule has 0 saturated carbocycles. The number of benzene rings is 2. The van der Waals surface area contributed by atoms with Crippen LogP contribution in [-0.2, 0) is 0 Å². The molecule has 1 aliphatic heterocycles. The number of hydrogen-bond donors (Lipinski definition) is 0. The lowest BCUT2D eigenvalue weighted by atomic mass is 10.1. The normalized spacial score (nSPS) is 19.4. The van der Waals surface area contributed by atoms with Crippen LogP contribution >= 0.6 is 23.3 Å². The van der Waals surface area contributed by atoms with E-state index >= 15 is 0 Å². The first kappa shape index (κ1) is 13.2. The summed E-state index contributed by atoms with van der Waals surface area (Å²) < 4.78 is 0. The lowest BCUT2D eigenvalue weighted by Crippen LogP contribution is -2.11. The van der Waals surface area contributed by atoms with Crippen LogP contribution in [0.2, 0.25) is 0 Å². The Bertz CT molecular complexity index is 617. The second-order valence-corrected chi connectivity index (χ2v) is 12.3. The first-order valence-electron chi connectivity index (χ1n) is 6.64. The van der Waals surface area contributed by atoms with Gasteiger partial charge in [0.05, 0.1) is 5.75 Å². The molecule has 100 valence electrons. The number of rotatable bonds is 3. The van der Waals surface area contributed by atoms with Crippen molar-refractivity contribution in [1.29, 1.82) is 0 Å². The summed E-state index contributed by atoms with van der Waals surface area (Å²) in [6, 6.07) is 14.2. The molecule has 0 radical (unpaired) electrons. The van der Waals surface area contributed by atoms with Crippen LogP contribution < -0.4 is 0 Å². The van der Waals surface area contributed by atoms with E-state index in [0.29, 0.717) is 11.5 Å². The van der Waals surface area contributed by atoms with Crippen molar-refractivity contribution < 1.29 is 4.79 Å². The van der Waals surface area contributed by atoms with Crippen LogP contribution in [0, 0.1) is 0 Å². The van der Waals surface area contributed by atoms with Gasteiger partial charge in [-0.1, -0.05) is 36.4 Å². The highest BCUT2D eigenvalue weighted by Crippen LogP contribution is 2.60. The zero-order chi connectivity index (χ0) is 13.3. The lowest BCUT2D eigenvalue weighted by Gasteiger charge is -2.26. The minimum Gasteiger partial charge on any atom is -0.293 e. The molecule has 3 heteroatoms. The highest BCUT2D eigenvalue weighted by molar-refractivity contribution is 9.58. The van der Waals surface area contributed by atoms with Gasteiger partial charge in [0.25, 0.3) is 0 Å². The summed E-state index contributed by atoms with van der Waals surface area (Å²) in [5.41, 5.74) is 0.858. The Morgan fingerprint density at radius 2 is 1.74 bits per heavy atom. The second kappa shape index (κ2) is 5.29. The summed E-state index contributed by atoms with van der Waals surface area (Å²) in [6.07, 6.45) is 2.54. The third-order valence-electron chi connectivity index (χ3n) is 3.73. The number of ketones is 1. The van der Waals surface area contributed by atoms with E-state index in [1.54, 1.807) is 0 Å². The molecule has 3 rings (SSSR count). The number of halogens is 1. The maximum absolute atomic E-state index is 12.4. The highest BCUT2D eigenvalue weighted by Gasteiger charge is 2.28. The summed E-state index contributed by atoms with van der Waals surface area (Å²) in [7, 11) is -0.841. The van der Waals surface area contributed by atoms with Crippen LogP contribution in [0.15, 0.2) is 42.5 Å². The fourth-order valence-electron chi connectivity index (χ4n) is 2.65. The van der Waals surface area contributed by atoms with Crippen LogP contribution in [0.25, 0.3) is 10.8 Å². The molecule has 2 aromatic carbocycles. The molecule has 0 bridgehead atoms. The van der Waals surface area contributed by atoms with Crippen LogP contribution in [0.1, 0.15) is 23.2 Å². The van der Waals surface area contributed by atoms with Gasteiger partial charge in [-0.05, 0) is 56.0 Å². The van der Waals surface area contributed by atoms with Gasteiger partial charge in [-0.2, -0.15) is 8.46 Å². The predicted molar refractivity (Wildman–Crippen MR) is 88.6 cm³/mol. The second-order valence-electron chi connectivity index (χ2n) is 5.18. The minimum atomic E-state index is -0.841. The molecule has 0 unspecified atom stereocenters. The van der Waals surface area contributed by atoms with Crippen LogP contribution in [0.4, 0.5) is 0 Å². The van der Waals surface area contributed by atoms with Crippen molar-refractivity contribution >= 4 is 39.8 Å². The van der Waals surface area contributed by atoms with Gasteiger partial charge >= 0.3 is 0 Å². The van der Waals surface area contributed by atoms with E-state index in [0.717, 1.165) is 10.9 Å². The summed E-state index contributed by atoms with van der Waals surface area (Å²) in [4.78, 5) is 12.4. The Labute approximate surface area is 122 Å². The van der Waals surface area contributed by atoms with Gasteiger partial charge in [0.15, 0.2) is 5.78 Å². The Kier molecular flexibility index (Phi) is 3.68. The minimum absolute atomic E-state index is 0.291. The molecule has 19 heavy (non-hydrogen) atoms. The van der Waals surface area contributed by atoms with Gasteiger partial charge in [-0.15, -0.1) is 0 Å². The summed E-state index contributed by atoms with van der Waals surface area (Å²) in [6.45, 7) is 0. The van der Waals surface area contributed by atoms with E-state index < -0.39 is 8.46 Å². The molecular formula is C16H17BrOS. The SMILES string of the molecule is O=C(CS1(Br)CCCC1)c1ccc2ccccc2c1. The number of Topliss-reactive ketones (excluding diaryl/α,β-unsaturated/α-hetero) is 1. The van der Waals surface area contributed by atoms with Gasteiger partial charge < -0.3 is 0 Å². The van der Waals surface area contributed by atoms with Gasteiger partial charge in [-0.3, -0.25) is 4.79 Å². The predicted octanol–water partition coefficient (Wildman–Crippen LogP) is 4.93. The molecule has 1 nitrogen and oxygen atoms in total. The Balaban J connectivity index is 1.85. The van der Waals surface area contributed by atoms with Crippen molar-refractivity contribution in [1.82, 2.24) is 0 Å². The molecule has 0 atom stereocenters. The summed E-state index contributed by atoms with van der Waals surface area (Å²) >= 11 is 3.86. The van der Waals surface area contributed by atoms with Gasteiger partial charge in [0.2, 0.25) is 0 Å². The molecule has 0 N–H and O–H groups in total. The van der Waals surface area contributed by atoms with Crippen molar-refractivity contribution in [2.45, 2.75) is 12.8 Å². The largest absolute Gasteiger partial charge is 0.293 e. The quantitative estimate of drug-likeness (QED) is 0.726. The van der Waals surface area contributed by atoms with Crippen LogP contribution in [-0.4, -0.2) is 23.0 Å². The fourth-order valence-corrected chi connectivity index (χ4v) is 7.22. The molecule has 1 heterocycles. The first-order valence-corrected chi connectivity index (χ1v) is 10.6. The average Bonchev–Trinajstić information content (AvgIpc) is 2.84. The summed E-state index contributed by atoms with van der Waals surface area (Å²) in [5, 5.41) is 2.35. The van der Waals surface area contributed by atoms with E-state index in [1.165, 1.54) is 29.7 Å². The molecule has 2 aromatic rings. The number of carbonyl (C=O) groups excluding carboxylic acids is 1. The standard InChI is InChI=1S/C16H17BrOS/c17-19(9-3-4-10-19)12-16(18)15-8-7-13-5-1-2-6-14(13)11-15/h1-2,5-8,11H,3-4,9-10,12H2. The highest BCUT2D eigenvalue weighted by atomic mass is 79.9. The van der Waals surface area contributed by atoms with Gasteiger partial charge in [0, 0.05) is 5.56 Å². The molecule has 0 amide bonds. The third-order valence-corrected chi connectivity index (χ3v) is 9.18. The van der Waals surface area contributed by atoms with Crippen molar-refractivity contribution in [3.8, 4) is 0 Å². The lowest BCUT2D eigenvalue weighted by molar-refractivity contribution is 0.102. The molecule has 0 aromatic heterocycles. The van der Waals surface area contributed by atoms with E-state index in [2.05, 4.69) is 26.9 Å².